The van der Waals surface area contributed by atoms with Gasteiger partial charge in [-0.2, -0.15) is 5.10 Å². The molecule has 1 spiro atoms. The van der Waals surface area contributed by atoms with Crippen molar-refractivity contribution in [3.63, 3.8) is 0 Å². The third-order valence-corrected chi connectivity index (χ3v) is 6.11. The van der Waals surface area contributed by atoms with Crippen molar-refractivity contribution in [2.24, 2.45) is 12.5 Å². The van der Waals surface area contributed by atoms with Crippen LogP contribution in [0.25, 0.3) is 22.0 Å². The summed E-state index contributed by atoms with van der Waals surface area (Å²) in [6.45, 7) is 2.48. The summed E-state index contributed by atoms with van der Waals surface area (Å²) < 4.78 is 1.77. The normalized spacial score (nSPS) is 18.5. The van der Waals surface area contributed by atoms with E-state index in [9.17, 15) is 4.79 Å². The molecule has 4 heterocycles. The first-order chi connectivity index (χ1) is 13.6. The molecular weight excluding hydrogens is 352 g/mol. The molecule has 0 aromatic carbocycles. The summed E-state index contributed by atoms with van der Waals surface area (Å²) in [5.74, 6) is 0.563. The van der Waals surface area contributed by atoms with Crippen molar-refractivity contribution < 1.29 is 4.79 Å². The summed E-state index contributed by atoms with van der Waals surface area (Å²) in [5, 5.41) is 8.10. The number of amides is 1. The van der Waals surface area contributed by atoms with Gasteiger partial charge in [-0.25, -0.2) is 4.98 Å². The largest absolute Gasteiger partial charge is 0.310 e. The van der Waals surface area contributed by atoms with Crippen molar-refractivity contribution in [2.45, 2.75) is 25.7 Å². The molecule has 2 fully saturated rings. The van der Waals surface area contributed by atoms with E-state index in [4.69, 9.17) is 0 Å². The molecular formula is C21H24N6O. The number of nitrogens with one attached hydrogen (secondary N) is 1. The monoisotopic (exact) mass is 376 g/mol. The van der Waals surface area contributed by atoms with Gasteiger partial charge in [0.1, 0.15) is 5.82 Å². The highest BCUT2D eigenvalue weighted by atomic mass is 16.2. The average Bonchev–Trinajstić information content (AvgIpc) is 3.31. The number of nitrogens with zero attached hydrogens (tertiary/aromatic N) is 5. The highest BCUT2D eigenvalue weighted by Crippen LogP contribution is 2.53. The standard InChI is InChI=1S/C21H24N6O/c1-26-13-17(11-24-26)16-8-15-9-19(23-12-18(15)22-10-16)25-20(28)14-27-6-4-21(2-3-21)5-7-27/h8-13H,2-7,14H2,1H3,(H,23,25,28). The van der Waals surface area contributed by atoms with Gasteiger partial charge in [0, 0.05) is 36.0 Å². The van der Waals surface area contributed by atoms with Gasteiger partial charge in [0.2, 0.25) is 5.91 Å². The molecule has 7 heteroatoms. The minimum Gasteiger partial charge on any atom is -0.310 e. The Kier molecular flexibility index (Phi) is 4.12. The molecule has 2 aliphatic rings. The van der Waals surface area contributed by atoms with Crippen LogP contribution in [0.5, 0.6) is 0 Å². The van der Waals surface area contributed by atoms with Gasteiger partial charge in [0.05, 0.1) is 24.5 Å². The van der Waals surface area contributed by atoms with Gasteiger partial charge in [0.25, 0.3) is 0 Å². The van der Waals surface area contributed by atoms with Crippen LogP contribution in [0.2, 0.25) is 0 Å². The van der Waals surface area contributed by atoms with Crippen molar-refractivity contribution in [3.05, 3.63) is 36.9 Å². The number of carbonyl (C=O) groups excluding carboxylic acids is 1. The van der Waals surface area contributed by atoms with Crippen molar-refractivity contribution in [1.29, 1.82) is 0 Å². The Hall–Kier alpha value is -2.80. The Morgan fingerprint density at radius 2 is 1.89 bits per heavy atom. The third-order valence-electron chi connectivity index (χ3n) is 6.11. The molecule has 0 radical (unpaired) electrons. The van der Waals surface area contributed by atoms with Gasteiger partial charge >= 0.3 is 0 Å². The third kappa shape index (κ3) is 3.49. The number of hydrogen-bond acceptors (Lipinski definition) is 5. The molecule has 3 aromatic heterocycles. The minimum absolute atomic E-state index is 0.00466. The Morgan fingerprint density at radius 1 is 1.07 bits per heavy atom. The molecule has 1 aliphatic carbocycles. The lowest BCUT2D eigenvalue weighted by atomic mass is 9.94. The first-order valence-electron chi connectivity index (χ1n) is 9.86. The predicted molar refractivity (Wildman–Crippen MR) is 108 cm³/mol. The Bertz CT molecular complexity index is 1030. The number of piperidine rings is 1. The minimum atomic E-state index is -0.00466. The highest BCUT2D eigenvalue weighted by molar-refractivity contribution is 5.93. The summed E-state index contributed by atoms with van der Waals surface area (Å²) in [6, 6.07) is 3.94. The van der Waals surface area contributed by atoms with E-state index in [2.05, 4.69) is 31.3 Å². The van der Waals surface area contributed by atoms with Crippen LogP contribution in [-0.4, -0.2) is 50.2 Å². The molecule has 1 amide bonds. The Labute approximate surface area is 163 Å². The summed E-state index contributed by atoms with van der Waals surface area (Å²) in [6.07, 6.45) is 12.5. The topological polar surface area (TPSA) is 75.9 Å². The lowest BCUT2D eigenvalue weighted by Crippen LogP contribution is -2.39. The number of anilines is 1. The van der Waals surface area contributed by atoms with E-state index in [1.165, 1.54) is 25.7 Å². The number of carbonyl (C=O) groups is 1. The van der Waals surface area contributed by atoms with Crippen LogP contribution in [0.1, 0.15) is 25.7 Å². The fourth-order valence-corrected chi connectivity index (χ4v) is 4.08. The molecule has 1 saturated heterocycles. The molecule has 1 aliphatic heterocycles. The van der Waals surface area contributed by atoms with Crippen LogP contribution >= 0.6 is 0 Å². The first kappa shape index (κ1) is 17.3. The maximum Gasteiger partial charge on any atom is 0.239 e. The van der Waals surface area contributed by atoms with Crippen LogP contribution in [0.15, 0.2) is 36.9 Å². The van der Waals surface area contributed by atoms with Gasteiger partial charge in [-0.15, -0.1) is 0 Å². The van der Waals surface area contributed by atoms with Crippen LogP contribution in [0, 0.1) is 5.41 Å². The second kappa shape index (κ2) is 6.67. The van der Waals surface area contributed by atoms with Gasteiger partial charge in [-0.3, -0.25) is 19.4 Å². The molecule has 7 nitrogen and oxygen atoms in total. The van der Waals surface area contributed by atoms with E-state index in [1.54, 1.807) is 10.9 Å². The molecule has 28 heavy (non-hydrogen) atoms. The summed E-state index contributed by atoms with van der Waals surface area (Å²) in [7, 11) is 1.89. The number of likely N-dealkylation sites (tertiary alicyclic amines) is 1. The van der Waals surface area contributed by atoms with Crippen molar-refractivity contribution in [1.82, 2.24) is 24.6 Å². The molecule has 1 N–H and O–H groups in total. The molecule has 0 bridgehead atoms. The van der Waals surface area contributed by atoms with Crippen molar-refractivity contribution in [3.8, 4) is 11.1 Å². The molecule has 144 valence electrons. The second-order valence-electron chi connectivity index (χ2n) is 8.21. The molecule has 3 aromatic rings. The Morgan fingerprint density at radius 3 is 2.61 bits per heavy atom. The SMILES string of the molecule is Cn1cc(-c2cnc3cnc(NC(=O)CN4CCC5(CC4)CC5)cc3c2)cn1. The number of aryl methyl sites for hydroxylation is 1. The lowest BCUT2D eigenvalue weighted by Gasteiger charge is -2.31. The fourth-order valence-electron chi connectivity index (χ4n) is 4.08. The number of aromatic nitrogens is 4. The van der Waals surface area contributed by atoms with Gasteiger partial charge in [-0.05, 0) is 56.3 Å². The predicted octanol–water partition coefficient (Wildman–Crippen LogP) is 2.84. The van der Waals surface area contributed by atoms with E-state index in [0.29, 0.717) is 17.8 Å². The second-order valence-corrected chi connectivity index (χ2v) is 8.21. The fraction of sp³-hybridized carbons (Fsp3) is 0.429. The maximum absolute atomic E-state index is 12.5. The summed E-state index contributed by atoms with van der Waals surface area (Å²) in [4.78, 5) is 23.5. The highest BCUT2D eigenvalue weighted by Gasteiger charge is 2.44. The molecule has 5 rings (SSSR count). The zero-order chi connectivity index (χ0) is 19.1. The van der Waals surface area contributed by atoms with Crippen LogP contribution < -0.4 is 5.32 Å². The van der Waals surface area contributed by atoms with E-state index in [-0.39, 0.29) is 5.91 Å². The van der Waals surface area contributed by atoms with Gasteiger partial charge < -0.3 is 5.32 Å². The maximum atomic E-state index is 12.5. The van der Waals surface area contributed by atoms with Crippen molar-refractivity contribution >= 4 is 22.6 Å². The van der Waals surface area contributed by atoms with E-state index in [1.807, 2.05) is 31.7 Å². The van der Waals surface area contributed by atoms with Gasteiger partial charge in [0.15, 0.2) is 0 Å². The quantitative estimate of drug-likeness (QED) is 0.758. The van der Waals surface area contributed by atoms with Gasteiger partial charge in [-0.1, -0.05) is 0 Å². The zero-order valence-corrected chi connectivity index (χ0v) is 16.1. The van der Waals surface area contributed by atoms with Crippen LogP contribution in [0.4, 0.5) is 5.82 Å². The molecule has 0 atom stereocenters. The Balaban J connectivity index is 1.28. The van der Waals surface area contributed by atoms with E-state index >= 15 is 0 Å². The molecule has 0 unspecified atom stereocenters. The first-order valence-corrected chi connectivity index (χ1v) is 9.86. The van der Waals surface area contributed by atoms with E-state index in [0.717, 1.165) is 35.1 Å². The number of hydrogen-bond donors (Lipinski definition) is 1. The smallest absolute Gasteiger partial charge is 0.239 e. The summed E-state index contributed by atoms with van der Waals surface area (Å²) in [5.41, 5.74) is 3.44. The number of fused-ring (bicyclic) bond motifs is 1. The van der Waals surface area contributed by atoms with Crippen molar-refractivity contribution in [2.75, 3.05) is 25.0 Å². The average molecular weight is 376 g/mol. The number of rotatable bonds is 4. The lowest BCUT2D eigenvalue weighted by molar-refractivity contribution is -0.117. The zero-order valence-electron chi connectivity index (χ0n) is 16.1. The summed E-state index contributed by atoms with van der Waals surface area (Å²) >= 11 is 0. The number of pyridine rings is 2. The van der Waals surface area contributed by atoms with Crippen LogP contribution in [0.3, 0.4) is 0 Å². The molecule has 1 saturated carbocycles. The van der Waals surface area contributed by atoms with Crippen LogP contribution in [-0.2, 0) is 11.8 Å². The van der Waals surface area contributed by atoms with E-state index < -0.39 is 0 Å².